The minimum atomic E-state index is -0.746. The predicted octanol–water partition coefficient (Wildman–Crippen LogP) is 1.91. The molecular formula is C23H25N3O5. The standard InChI is InChI=1S/C23H25N3O5/c1-15-7-6-10-18(11-15)22(29)25-26-13-19(12-21(26)28)23(30)31-14-20(27)24-16(2)17-8-4-3-5-9-17/h3-11,16,19H,12-14H2,1-2H3,(H,24,27)(H,25,29)/t16-,19-/m1/s1. The maximum Gasteiger partial charge on any atom is 0.311 e. The van der Waals surface area contributed by atoms with E-state index in [2.05, 4.69) is 10.7 Å². The van der Waals surface area contributed by atoms with Crippen molar-refractivity contribution in [2.45, 2.75) is 26.3 Å². The van der Waals surface area contributed by atoms with Crippen molar-refractivity contribution >= 4 is 23.7 Å². The molecule has 2 aromatic rings. The van der Waals surface area contributed by atoms with Gasteiger partial charge < -0.3 is 10.1 Å². The van der Waals surface area contributed by atoms with Crippen LogP contribution in [0.3, 0.4) is 0 Å². The van der Waals surface area contributed by atoms with E-state index in [0.717, 1.165) is 16.1 Å². The van der Waals surface area contributed by atoms with Crippen LogP contribution in [0.5, 0.6) is 0 Å². The number of hydrogen-bond donors (Lipinski definition) is 2. The number of hydrogen-bond acceptors (Lipinski definition) is 5. The number of carbonyl (C=O) groups is 4. The molecule has 3 rings (SSSR count). The lowest BCUT2D eigenvalue weighted by molar-refractivity contribution is -0.152. The van der Waals surface area contributed by atoms with E-state index in [4.69, 9.17) is 4.74 Å². The second-order valence-corrected chi connectivity index (χ2v) is 7.52. The molecule has 1 saturated heterocycles. The summed E-state index contributed by atoms with van der Waals surface area (Å²) in [5, 5.41) is 3.88. The zero-order chi connectivity index (χ0) is 22.4. The number of ether oxygens (including phenoxy) is 1. The molecule has 0 bridgehead atoms. The molecule has 2 aromatic carbocycles. The van der Waals surface area contributed by atoms with Crippen molar-refractivity contribution in [2.24, 2.45) is 5.92 Å². The maximum atomic E-state index is 12.3. The SMILES string of the molecule is Cc1cccc(C(=O)NN2C[C@H](C(=O)OCC(=O)N[C@H](C)c3ccccc3)CC2=O)c1. The fraction of sp³-hybridized carbons (Fsp3) is 0.304. The molecule has 8 heteroatoms. The first-order valence-electron chi connectivity index (χ1n) is 10.0. The van der Waals surface area contributed by atoms with Gasteiger partial charge in [-0.3, -0.25) is 29.6 Å². The van der Waals surface area contributed by atoms with E-state index < -0.39 is 30.3 Å². The smallest absolute Gasteiger partial charge is 0.311 e. The third-order valence-electron chi connectivity index (χ3n) is 5.00. The summed E-state index contributed by atoms with van der Waals surface area (Å²) in [5.41, 5.74) is 4.80. The number of benzene rings is 2. The van der Waals surface area contributed by atoms with Gasteiger partial charge in [-0.1, -0.05) is 48.0 Å². The van der Waals surface area contributed by atoms with Crippen molar-refractivity contribution < 1.29 is 23.9 Å². The lowest BCUT2D eigenvalue weighted by atomic mass is 10.1. The first-order valence-corrected chi connectivity index (χ1v) is 10.0. The molecule has 2 atom stereocenters. The number of rotatable bonds is 7. The largest absolute Gasteiger partial charge is 0.455 e. The molecule has 1 fully saturated rings. The Hall–Kier alpha value is -3.68. The Labute approximate surface area is 180 Å². The average molecular weight is 423 g/mol. The number of nitrogens with zero attached hydrogens (tertiary/aromatic N) is 1. The highest BCUT2D eigenvalue weighted by Gasteiger charge is 2.36. The Kier molecular flexibility index (Phi) is 7.02. The van der Waals surface area contributed by atoms with Gasteiger partial charge in [0.25, 0.3) is 11.8 Å². The molecule has 0 aromatic heterocycles. The zero-order valence-corrected chi connectivity index (χ0v) is 17.5. The van der Waals surface area contributed by atoms with Crippen LogP contribution in [0.15, 0.2) is 54.6 Å². The van der Waals surface area contributed by atoms with Gasteiger partial charge in [-0.2, -0.15) is 0 Å². The van der Waals surface area contributed by atoms with E-state index in [1.165, 1.54) is 0 Å². The van der Waals surface area contributed by atoms with Crippen LogP contribution < -0.4 is 10.7 Å². The van der Waals surface area contributed by atoms with Gasteiger partial charge in [0.1, 0.15) is 0 Å². The van der Waals surface area contributed by atoms with Gasteiger partial charge in [-0.25, -0.2) is 0 Å². The molecule has 162 valence electrons. The number of esters is 1. The van der Waals surface area contributed by atoms with Gasteiger partial charge in [-0.05, 0) is 31.5 Å². The number of nitrogens with one attached hydrogen (secondary N) is 2. The third kappa shape index (κ3) is 5.91. The highest BCUT2D eigenvalue weighted by Crippen LogP contribution is 2.18. The molecule has 0 unspecified atom stereocenters. The van der Waals surface area contributed by atoms with E-state index in [9.17, 15) is 19.2 Å². The van der Waals surface area contributed by atoms with E-state index in [1.54, 1.807) is 18.2 Å². The van der Waals surface area contributed by atoms with Gasteiger partial charge in [0.05, 0.1) is 18.5 Å². The third-order valence-corrected chi connectivity index (χ3v) is 5.00. The molecule has 0 radical (unpaired) electrons. The average Bonchev–Trinajstić information content (AvgIpc) is 3.13. The number of carbonyl (C=O) groups excluding carboxylic acids is 4. The zero-order valence-electron chi connectivity index (χ0n) is 17.5. The summed E-state index contributed by atoms with van der Waals surface area (Å²) in [4.78, 5) is 48.9. The molecular weight excluding hydrogens is 398 g/mol. The minimum Gasteiger partial charge on any atom is -0.455 e. The summed E-state index contributed by atoms with van der Waals surface area (Å²) in [5.74, 6) is -2.64. The summed E-state index contributed by atoms with van der Waals surface area (Å²) < 4.78 is 5.08. The summed E-state index contributed by atoms with van der Waals surface area (Å²) in [6.45, 7) is 3.26. The van der Waals surface area contributed by atoms with Crippen LogP contribution in [0.1, 0.15) is 40.9 Å². The summed E-state index contributed by atoms with van der Waals surface area (Å²) in [6, 6.07) is 16.1. The van der Waals surface area contributed by atoms with Gasteiger partial charge in [0.15, 0.2) is 6.61 Å². The first kappa shape index (κ1) is 22.0. The first-order chi connectivity index (χ1) is 14.8. The van der Waals surface area contributed by atoms with Gasteiger partial charge in [0.2, 0.25) is 5.91 Å². The summed E-state index contributed by atoms with van der Waals surface area (Å²) in [6.07, 6.45) is -0.0883. The molecule has 1 aliphatic heterocycles. The normalized spacial score (nSPS) is 16.5. The van der Waals surface area contributed by atoms with Crippen LogP contribution in [-0.2, 0) is 19.1 Å². The summed E-state index contributed by atoms with van der Waals surface area (Å²) >= 11 is 0. The van der Waals surface area contributed by atoms with Crippen molar-refractivity contribution in [3.8, 4) is 0 Å². The molecule has 1 aliphatic rings. The lowest BCUT2D eigenvalue weighted by Crippen LogP contribution is -2.43. The van der Waals surface area contributed by atoms with Crippen molar-refractivity contribution in [3.05, 3.63) is 71.3 Å². The molecule has 2 N–H and O–H groups in total. The molecule has 8 nitrogen and oxygen atoms in total. The number of amides is 3. The lowest BCUT2D eigenvalue weighted by Gasteiger charge is -2.18. The monoisotopic (exact) mass is 423 g/mol. The van der Waals surface area contributed by atoms with Gasteiger partial charge in [-0.15, -0.1) is 0 Å². The molecule has 0 saturated carbocycles. The van der Waals surface area contributed by atoms with E-state index in [-0.39, 0.29) is 24.9 Å². The Morgan fingerprint density at radius 1 is 1.13 bits per heavy atom. The Balaban J connectivity index is 1.46. The van der Waals surface area contributed by atoms with E-state index in [1.807, 2.05) is 50.2 Å². The van der Waals surface area contributed by atoms with Crippen LogP contribution in [0.4, 0.5) is 0 Å². The Bertz CT molecular complexity index is 976. The molecule has 31 heavy (non-hydrogen) atoms. The van der Waals surface area contributed by atoms with Crippen LogP contribution in [-0.4, -0.2) is 41.9 Å². The highest BCUT2D eigenvalue weighted by atomic mass is 16.5. The second kappa shape index (κ2) is 9.88. The highest BCUT2D eigenvalue weighted by molar-refractivity contribution is 5.96. The van der Waals surface area contributed by atoms with Crippen LogP contribution in [0.25, 0.3) is 0 Å². The predicted molar refractivity (Wildman–Crippen MR) is 112 cm³/mol. The molecule has 0 spiro atoms. The Morgan fingerprint density at radius 3 is 2.58 bits per heavy atom. The fourth-order valence-electron chi connectivity index (χ4n) is 3.31. The summed E-state index contributed by atoms with van der Waals surface area (Å²) in [7, 11) is 0. The van der Waals surface area contributed by atoms with Crippen molar-refractivity contribution in [3.63, 3.8) is 0 Å². The maximum absolute atomic E-state index is 12.3. The quantitative estimate of drug-likeness (QED) is 0.662. The van der Waals surface area contributed by atoms with Gasteiger partial charge in [0, 0.05) is 12.0 Å². The van der Waals surface area contributed by atoms with E-state index >= 15 is 0 Å². The van der Waals surface area contributed by atoms with Gasteiger partial charge >= 0.3 is 5.97 Å². The van der Waals surface area contributed by atoms with E-state index in [0.29, 0.717) is 5.56 Å². The molecule has 0 aliphatic carbocycles. The van der Waals surface area contributed by atoms with Crippen molar-refractivity contribution in [1.82, 2.24) is 15.8 Å². The number of hydrazine groups is 1. The molecule has 3 amide bonds. The van der Waals surface area contributed by atoms with Crippen molar-refractivity contribution in [2.75, 3.05) is 13.2 Å². The second-order valence-electron chi connectivity index (χ2n) is 7.52. The Morgan fingerprint density at radius 2 is 1.87 bits per heavy atom. The topological polar surface area (TPSA) is 105 Å². The van der Waals surface area contributed by atoms with Crippen molar-refractivity contribution in [1.29, 1.82) is 0 Å². The number of aryl methyl sites for hydroxylation is 1. The van der Waals surface area contributed by atoms with Crippen LogP contribution >= 0.6 is 0 Å². The van der Waals surface area contributed by atoms with Crippen LogP contribution in [0, 0.1) is 12.8 Å². The molecule has 1 heterocycles. The fourth-order valence-corrected chi connectivity index (χ4v) is 3.31. The minimum absolute atomic E-state index is 0.00272. The van der Waals surface area contributed by atoms with Crippen LogP contribution in [0.2, 0.25) is 0 Å².